The molecule has 0 bridgehead atoms. The van der Waals surface area contributed by atoms with Gasteiger partial charge in [0.25, 0.3) is 5.69 Å². The molecular weight excluding hydrogens is 320 g/mol. The number of thioether (sulfide) groups is 1. The second-order valence-corrected chi connectivity index (χ2v) is 6.81. The number of Topliss-reactive ketones (excluding diaryl/α,β-unsaturated/α-hetero) is 1. The highest BCUT2D eigenvalue weighted by atomic mass is 32.2. The Bertz CT molecular complexity index is 566. The highest BCUT2D eigenvalue weighted by molar-refractivity contribution is 8.00. The number of rotatable bonds is 7. The molecule has 1 rings (SSSR count). The van der Waals surface area contributed by atoms with Crippen LogP contribution in [0.25, 0.3) is 0 Å². The van der Waals surface area contributed by atoms with E-state index in [1.54, 1.807) is 20.8 Å². The fourth-order valence-electron chi connectivity index (χ4n) is 1.56. The van der Waals surface area contributed by atoms with Gasteiger partial charge in [-0.15, -0.1) is 0 Å². The van der Waals surface area contributed by atoms with Crippen LogP contribution in [0.4, 0.5) is 10.5 Å². The zero-order valence-corrected chi connectivity index (χ0v) is 14.1. The van der Waals surface area contributed by atoms with Gasteiger partial charge < -0.3 is 10.1 Å². The molecule has 1 N–H and O–H groups in total. The van der Waals surface area contributed by atoms with Crippen molar-refractivity contribution < 1.29 is 19.2 Å². The number of non-ortho nitro benzene ring substituents is 1. The molecule has 23 heavy (non-hydrogen) atoms. The molecule has 1 aromatic carbocycles. The predicted molar refractivity (Wildman–Crippen MR) is 89.0 cm³/mol. The molecule has 0 unspecified atom stereocenters. The molecule has 126 valence electrons. The lowest BCUT2D eigenvalue weighted by Crippen LogP contribution is -2.33. The van der Waals surface area contributed by atoms with Gasteiger partial charge in [-0.2, -0.15) is 11.8 Å². The molecule has 0 atom stereocenters. The molecule has 0 saturated carbocycles. The minimum absolute atomic E-state index is 0.0456. The van der Waals surface area contributed by atoms with E-state index in [2.05, 4.69) is 5.32 Å². The van der Waals surface area contributed by atoms with E-state index >= 15 is 0 Å². The molecule has 0 aliphatic carbocycles. The summed E-state index contributed by atoms with van der Waals surface area (Å²) in [5.74, 6) is 0.702. The number of carbonyl (C=O) groups excluding carboxylic acids is 2. The lowest BCUT2D eigenvalue weighted by Gasteiger charge is -2.19. The van der Waals surface area contributed by atoms with Crippen LogP contribution in [0, 0.1) is 10.1 Å². The number of nitrogens with one attached hydrogen (secondary N) is 1. The van der Waals surface area contributed by atoms with Crippen molar-refractivity contribution in [1.82, 2.24) is 5.32 Å². The molecule has 0 heterocycles. The molecule has 0 spiro atoms. The van der Waals surface area contributed by atoms with E-state index in [0.717, 1.165) is 0 Å². The molecule has 0 aliphatic rings. The van der Waals surface area contributed by atoms with Gasteiger partial charge in [-0.05, 0) is 32.9 Å². The molecule has 7 nitrogen and oxygen atoms in total. The highest BCUT2D eigenvalue weighted by Crippen LogP contribution is 2.14. The van der Waals surface area contributed by atoms with Crippen molar-refractivity contribution in [1.29, 1.82) is 0 Å². The van der Waals surface area contributed by atoms with Gasteiger partial charge >= 0.3 is 6.09 Å². The average molecular weight is 340 g/mol. The first-order chi connectivity index (χ1) is 10.7. The molecule has 8 heteroatoms. The summed E-state index contributed by atoms with van der Waals surface area (Å²) in [5, 5.41) is 13.1. The first-order valence-corrected chi connectivity index (χ1v) is 8.17. The van der Waals surface area contributed by atoms with Crippen molar-refractivity contribution in [3.05, 3.63) is 39.9 Å². The number of nitro groups is 1. The average Bonchev–Trinajstić information content (AvgIpc) is 2.45. The molecule has 0 aromatic heterocycles. The first-order valence-electron chi connectivity index (χ1n) is 7.01. The number of benzene rings is 1. The number of nitrogens with zero attached hydrogens (tertiary/aromatic N) is 1. The number of ether oxygens (including phenoxy) is 1. The van der Waals surface area contributed by atoms with E-state index in [9.17, 15) is 19.7 Å². The lowest BCUT2D eigenvalue weighted by molar-refractivity contribution is -0.384. The summed E-state index contributed by atoms with van der Waals surface area (Å²) in [5.41, 5.74) is -0.151. The minimum atomic E-state index is -0.539. The van der Waals surface area contributed by atoms with Crippen molar-refractivity contribution in [3.63, 3.8) is 0 Å². The fraction of sp³-hybridized carbons (Fsp3) is 0.467. The van der Waals surface area contributed by atoms with E-state index < -0.39 is 16.6 Å². The summed E-state index contributed by atoms with van der Waals surface area (Å²) in [4.78, 5) is 33.3. The Balaban J connectivity index is 2.26. The number of amides is 1. The topological polar surface area (TPSA) is 98.5 Å². The van der Waals surface area contributed by atoms with Gasteiger partial charge in [-0.3, -0.25) is 14.9 Å². The van der Waals surface area contributed by atoms with Gasteiger partial charge in [0, 0.05) is 30.0 Å². The highest BCUT2D eigenvalue weighted by Gasteiger charge is 2.15. The summed E-state index contributed by atoms with van der Waals surface area (Å²) in [6.45, 7) is 5.74. The largest absolute Gasteiger partial charge is 0.444 e. The summed E-state index contributed by atoms with van der Waals surface area (Å²) < 4.78 is 5.08. The maximum absolute atomic E-state index is 11.9. The monoisotopic (exact) mass is 340 g/mol. The van der Waals surface area contributed by atoms with Crippen LogP contribution < -0.4 is 5.32 Å². The molecule has 0 fully saturated rings. The number of hydrogen-bond donors (Lipinski definition) is 1. The summed E-state index contributed by atoms with van der Waals surface area (Å²) in [6.07, 6.45) is -0.486. The fourth-order valence-corrected chi connectivity index (χ4v) is 2.30. The SMILES string of the molecule is CC(C)(C)OC(=O)NCCSCC(=O)c1ccc([N+](=O)[O-])cc1. The van der Waals surface area contributed by atoms with Crippen molar-refractivity contribution in [2.75, 3.05) is 18.1 Å². The Morgan fingerprint density at radius 1 is 1.26 bits per heavy atom. The van der Waals surface area contributed by atoms with Crippen LogP contribution in [0.5, 0.6) is 0 Å². The van der Waals surface area contributed by atoms with Crippen LogP contribution >= 0.6 is 11.8 Å². The van der Waals surface area contributed by atoms with Crippen molar-refractivity contribution in [3.8, 4) is 0 Å². The van der Waals surface area contributed by atoms with E-state index in [0.29, 0.717) is 17.9 Å². The molecule has 0 saturated heterocycles. The molecule has 1 amide bonds. The maximum atomic E-state index is 11.9. The third-order valence-electron chi connectivity index (χ3n) is 2.55. The quantitative estimate of drug-likeness (QED) is 0.354. The Morgan fingerprint density at radius 3 is 2.39 bits per heavy atom. The van der Waals surface area contributed by atoms with Crippen molar-refractivity contribution in [2.45, 2.75) is 26.4 Å². The molecular formula is C15H20N2O5S. The Labute approximate surface area is 138 Å². The number of alkyl carbamates (subject to hydrolysis) is 1. The Morgan fingerprint density at radius 2 is 1.87 bits per heavy atom. The Kier molecular flexibility index (Phi) is 7.02. The van der Waals surface area contributed by atoms with Crippen molar-refractivity contribution >= 4 is 29.3 Å². The maximum Gasteiger partial charge on any atom is 0.407 e. The van der Waals surface area contributed by atoms with Crippen LogP contribution in [-0.2, 0) is 4.74 Å². The zero-order chi connectivity index (χ0) is 17.5. The van der Waals surface area contributed by atoms with Gasteiger partial charge in [0.1, 0.15) is 5.60 Å². The minimum Gasteiger partial charge on any atom is -0.444 e. The number of carbonyl (C=O) groups is 2. The van der Waals surface area contributed by atoms with Gasteiger partial charge in [0.15, 0.2) is 5.78 Å². The van der Waals surface area contributed by atoms with Crippen molar-refractivity contribution in [2.24, 2.45) is 0 Å². The smallest absolute Gasteiger partial charge is 0.407 e. The van der Waals surface area contributed by atoms with E-state index in [-0.39, 0.29) is 17.2 Å². The number of ketones is 1. The van der Waals surface area contributed by atoms with Crippen LogP contribution in [0.3, 0.4) is 0 Å². The van der Waals surface area contributed by atoms with Gasteiger partial charge in [0.05, 0.1) is 10.7 Å². The third kappa shape index (κ3) is 7.64. The third-order valence-corrected chi connectivity index (χ3v) is 3.51. The zero-order valence-electron chi connectivity index (χ0n) is 13.3. The van der Waals surface area contributed by atoms with Crippen LogP contribution in [0.2, 0.25) is 0 Å². The lowest BCUT2D eigenvalue weighted by atomic mass is 10.1. The molecule has 1 aromatic rings. The number of hydrogen-bond acceptors (Lipinski definition) is 6. The predicted octanol–water partition coefficient (Wildman–Crippen LogP) is 3.04. The van der Waals surface area contributed by atoms with Crippen LogP contribution in [-0.4, -0.2) is 40.5 Å². The molecule has 0 radical (unpaired) electrons. The number of nitro benzene ring substituents is 1. The summed E-state index contributed by atoms with van der Waals surface area (Å²) in [6, 6.07) is 5.50. The van der Waals surface area contributed by atoms with E-state index in [1.807, 2.05) is 0 Å². The van der Waals surface area contributed by atoms with E-state index in [1.165, 1.54) is 36.0 Å². The van der Waals surface area contributed by atoms with Gasteiger partial charge in [-0.25, -0.2) is 4.79 Å². The summed E-state index contributed by atoms with van der Waals surface area (Å²) in [7, 11) is 0. The standard InChI is InChI=1S/C15H20N2O5S/c1-15(2,3)22-14(19)16-8-9-23-10-13(18)11-4-6-12(7-5-11)17(20)21/h4-7H,8-10H2,1-3H3,(H,16,19). The van der Waals surface area contributed by atoms with Gasteiger partial charge in [-0.1, -0.05) is 0 Å². The van der Waals surface area contributed by atoms with Crippen LogP contribution in [0.1, 0.15) is 31.1 Å². The summed E-state index contributed by atoms with van der Waals surface area (Å²) >= 11 is 1.37. The second kappa shape index (κ2) is 8.52. The Hall–Kier alpha value is -2.09. The molecule has 0 aliphatic heterocycles. The van der Waals surface area contributed by atoms with Crippen LogP contribution in [0.15, 0.2) is 24.3 Å². The first kappa shape index (κ1) is 19.0. The van der Waals surface area contributed by atoms with Gasteiger partial charge in [0.2, 0.25) is 0 Å². The van der Waals surface area contributed by atoms with E-state index in [4.69, 9.17) is 4.74 Å². The second-order valence-electron chi connectivity index (χ2n) is 5.71. The normalized spacial score (nSPS) is 10.9.